The van der Waals surface area contributed by atoms with Crippen LogP contribution in [0.25, 0.3) is 0 Å². The molecule has 2 aromatic rings. The highest BCUT2D eigenvalue weighted by molar-refractivity contribution is 6.29. The van der Waals surface area contributed by atoms with Crippen LogP contribution in [0.5, 0.6) is 0 Å². The standard InChI is InChI=1S/C18H26ClN5O2/c1-23(13-17-21-12-16(19)24(17)2)18(22-11-15-6-4-10-26-15)20-8-7-14-5-3-9-25-14/h3,5,9,12,15H,4,6-8,10-11,13H2,1-2H3,(H,20,22). The topological polar surface area (TPSA) is 67.8 Å². The summed E-state index contributed by atoms with van der Waals surface area (Å²) in [4.78, 5) is 11.2. The summed E-state index contributed by atoms with van der Waals surface area (Å²) < 4.78 is 12.9. The molecule has 0 spiro atoms. The number of aliphatic imine (C=N–C) groups is 1. The number of rotatable bonds is 7. The highest BCUT2D eigenvalue weighted by atomic mass is 35.5. The van der Waals surface area contributed by atoms with E-state index in [-0.39, 0.29) is 6.10 Å². The Morgan fingerprint density at radius 3 is 3.08 bits per heavy atom. The van der Waals surface area contributed by atoms with Crippen molar-refractivity contribution in [3.8, 4) is 0 Å². The van der Waals surface area contributed by atoms with Crippen LogP contribution in [-0.4, -0.2) is 53.3 Å². The average Bonchev–Trinajstić information content (AvgIpc) is 3.38. The third-order valence-electron chi connectivity index (χ3n) is 4.47. The number of hydrogen-bond donors (Lipinski definition) is 1. The zero-order valence-electron chi connectivity index (χ0n) is 15.3. The van der Waals surface area contributed by atoms with Crippen LogP contribution in [0.15, 0.2) is 34.0 Å². The minimum atomic E-state index is 0.216. The maximum Gasteiger partial charge on any atom is 0.194 e. The molecule has 8 heteroatoms. The summed E-state index contributed by atoms with van der Waals surface area (Å²) >= 11 is 6.09. The second kappa shape index (κ2) is 9.09. The van der Waals surface area contributed by atoms with Crippen LogP contribution in [0.4, 0.5) is 0 Å². The predicted octanol–water partition coefficient (Wildman–Crippen LogP) is 2.47. The fourth-order valence-electron chi connectivity index (χ4n) is 2.90. The first kappa shape index (κ1) is 18.8. The van der Waals surface area contributed by atoms with E-state index in [9.17, 15) is 0 Å². The van der Waals surface area contributed by atoms with Gasteiger partial charge in [-0.2, -0.15) is 0 Å². The summed E-state index contributed by atoms with van der Waals surface area (Å²) in [5.74, 6) is 2.66. The lowest BCUT2D eigenvalue weighted by Crippen LogP contribution is -2.40. The molecule has 3 heterocycles. The Morgan fingerprint density at radius 1 is 1.54 bits per heavy atom. The first-order valence-corrected chi connectivity index (χ1v) is 9.31. The summed E-state index contributed by atoms with van der Waals surface area (Å²) in [6.07, 6.45) is 6.56. The first-order valence-electron chi connectivity index (χ1n) is 8.93. The lowest BCUT2D eigenvalue weighted by molar-refractivity contribution is 0.117. The van der Waals surface area contributed by atoms with Gasteiger partial charge in [0, 0.05) is 33.7 Å². The number of nitrogens with zero attached hydrogens (tertiary/aromatic N) is 4. The third kappa shape index (κ3) is 5.02. The van der Waals surface area contributed by atoms with E-state index < -0.39 is 0 Å². The van der Waals surface area contributed by atoms with Gasteiger partial charge in [-0.15, -0.1) is 0 Å². The smallest absolute Gasteiger partial charge is 0.194 e. The molecule has 1 aliphatic rings. The fourth-order valence-corrected chi connectivity index (χ4v) is 3.05. The Labute approximate surface area is 159 Å². The second-order valence-corrected chi connectivity index (χ2v) is 6.85. The highest BCUT2D eigenvalue weighted by Crippen LogP contribution is 2.13. The third-order valence-corrected chi connectivity index (χ3v) is 4.82. The minimum Gasteiger partial charge on any atom is -0.469 e. The van der Waals surface area contributed by atoms with Crippen molar-refractivity contribution in [2.45, 2.75) is 31.9 Å². The molecule has 0 aromatic carbocycles. The molecule has 0 amide bonds. The summed E-state index contributed by atoms with van der Waals surface area (Å²) in [5, 5.41) is 4.04. The van der Waals surface area contributed by atoms with Crippen molar-refractivity contribution < 1.29 is 9.15 Å². The van der Waals surface area contributed by atoms with Crippen LogP contribution in [0.3, 0.4) is 0 Å². The summed E-state index contributed by atoms with van der Waals surface area (Å²) in [6.45, 7) is 2.85. The van der Waals surface area contributed by atoms with E-state index in [0.29, 0.717) is 18.2 Å². The van der Waals surface area contributed by atoms with Gasteiger partial charge in [0.15, 0.2) is 5.96 Å². The van der Waals surface area contributed by atoms with Gasteiger partial charge >= 0.3 is 0 Å². The number of aromatic nitrogens is 2. The van der Waals surface area contributed by atoms with E-state index in [0.717, 1.165) is 50.0 Å². The first-order chi connectivity index (χ1) is 12.6. The Hall–Kier alpha value is -1.99. The van der Waals surface area contributed by atoms with Crippen molar-refractivity contribution in [3.63, 3.8) is 0 Å². The van der Waals surface area contributed by atoms with Gasteiger partial charge in [0.1, 0.15) is 16.7 Å². The van der Waals surface area contributed by atoms with Crippen molar-refractivity contribution in [2.24, 2.45) is 12.0 Å². The number of halogens is 1. The molecule has 26 heavy (non-hydrogen) atoms. The maximum absolute atomic E-state index is 6.09. The molecule has 2 aromatic heterocycles. The Morgan fingerprint density at radius 2 is 2.42 bits per heavy atom. The lowest BCUT2D eigenvalue weighted by atomic mass is 10.2. The zero-order valence-corrected chi connectivity index (χ0v) is 16.1. The van der Waals surface area contributed by atoms with Crippen LogP contribution in [0, 0.1) is 0 Å². The molecule has 3 rings (SSSR count). The summed E-state index contributed by atoms with van der Waals surface area (Å²) in [7, 11) is 3.91. The molecule has 1 fully saturated rings. The molecule has 1 N–H and O–H groups in total. The summed E-state index contributed by atoms with van der Waals surface area (Å²) in [5.41, 5.74) is 0. The Balaban J connectivity index is 1.61. The average molecular weight is 380 g/mol. The van der Waals surface area contributed by atoms with Crippen molar-refractivity contribution in [1.29, 1.82) is 0 Å². The molecule has 0 aliphatic carbocycles. The predicted molar refractivity (Wildman–Crippen MR) is 101 cm³/mol. The van der Waals surface area contributed by atoms with Crippen molar-refractivity contribution in [2.75, 3.05) is 26.7 Å². The number of hydrogen-bond acceptors (Lipinski definition) is 4. The van der Waals surface area contributed by atoms with Crippen molar-refractivity contribution in [1.82, 2.24) is 19.8 Å². The molecule has 142 valence electrons. The molecule has 7 nitrogen and oxygen atoms in total. The van der Waals surface area contributed by atoms with Gasteiger partial charge in [-0.25, -0.2) is 4.98 Å². The molecular weight excluding hydrogens is 354 g/mol. The Kier molecular flexibility index (Phi) is 6.57. The largest absolute Gasteiger partial charge is 0.469 e. The van der Waals surface area contributed by atoms with E-state index in [1.165, 1.54) is 0 Å². The van der Waals surface area contributed by atoms with Crippen LogP contribution >= 0.6 is 11.6 Å². The fraction of sp³-hybridized carbons (Fsp3) is 0.556. The van der Waals surface area contributed by atoms with Crippen LogP contribution in [0.1, 0.15) is 24.4 Å². The Bertz CT molecular complexity index is 707. The zero-order chi connectivity index (χ0) is 18.4. The molecule has 0 bridgehead atoms. The van der Waals surface area contributed by atoms with Crippen LogP contribution < -0.4 is 5.32 Å². The summed E-state index contributed by atoms with van der Waals surface area (Å²) in [6, 6.07) is 3.88. The van der Waals surface area contributed by atoms with E-state index in [2.05, 4.69) is 15.2 Å². The molecular formula is C18H26ClN5O2. The number of furan rings is 1. The van der Waals surface area contributed by atoms with Gasteiger partial charge in [0.2, 0.25) is 0 Å². The molecule has 1 saturated heterocycles. The normalized spacial score (nSPS) is 17.7. The van der Waals surface area contributed by atoms with Gasteiger partial charge in [0.25, 0.3) is 0 Å². The molecule has 0 radical (unpaired) electrons. The molecule has 1 atom stereocenters. The van der Waals surface area contributed by atoms with Gasteiger partial charge in [0.05, 0.1) is 31.7 Å². The van der Waals surface area contributed by atoms with Crippen molar-refractivity contribution in [3.05, 3.63) is 41.3 Å². The van der Waals surface area contributed by atoms with Crippen LogP contribution in [0.2, 0.25) is 5.15 Å². The molecule has 0 saturated carbocycles. The minimum absolute atomic E-state index is 0.216. The molecule has 1 unspecified atom stereocenters. The van der Waals surface area contributed by atoms with E-state index in [4.69, 9.17) is 25.7 Å². The van der Waals surface area contributed by atoms with Gasteiger partial charge in [-0.05, 0) is 25.0 Å². The number of nitrogens with one attached hydrogen (secondary N) is 1. The van der Waals surface area contributed by atoms with Gasteiger partial charge in [-0.1, -0.05) is 11.6 Å². The number of ether oxygens (including phenoxy) is 1. The van der Waals surface area contributed by atoms with E-state index in [1.807, 2.05) is 30.8 Å². The lowest BCUT2D eigenvalue weighted by Gasteiger charge is -2.22. The number of guanidine groups is 1. The highest BCUT2D eigenvalue weighted by Gasteiger charge is 2.17. The van der Waals surface area contributed by atoms with Gasteiger partial charge in [-0.3, -0.25) is 4.99 Å². The van der Waals surface area contributed by atoms with Crippen molar-refractivity contribution >= 4 is 17.6 Å². The van der Waals surface area contributed by atoms with E-state index >= 15 is 0 Å². The number of imidazole rings is 1. The second-order valence-electron chi connectivity index (χ2n) is 6.47. The van der Waals surface area contributed by atoms with Gasteiger partial charge < -0.3 is 23.9 Å². The molecule has 1 aliphatic heterocycles. The SMILES string of the molecule is CN(Cc1ncc(Cl)n1C)C(=NCC1CCCO1)NCCc1ccco1. The quantitative estimate of drug-likeness (QED) is 0.591. The van der Waals surface area contributed by atoms with Crippen LogP contribution in [-0.2, 0) is 24.8 Å². The maximum atomic E-state index is 6.09. The van der Waals surface area contributed by atoms with E-state index in [1.54, 1.807) is 12.5 Å². The monoisotopic (exact) mass is 379 g/mol.